The van der Waals surface area contributed by atoms with Gasteiger partial charge >= 0.3 is 10.3 Å². The number of ether oxygens (including phenoxy) is 5. The average Bonchev–Trinajstić information content (AvgIpc) is 3.62. The smallest absolute Gasteiger partial charge is 0.362 e. The summed E-state index contributed by atoms with van der Waals surface area (Å²) in [4.78, 5) is 13.0. The van der Waals surface area contributed by atoms with Crippen LogP contribution < -0.4 is 4.72 Å². The van der Waals surface area contributed by atoms with Crippen molar-refractivity contribution in [2.45, 2.75) is 161 Å². The van der Waals surface area contributed by atoms with Crippen LogP contribution in [0.15, 0.2) is 0 Å². The van der Waals surface area contributed by atoms with Gasteiger partial charge in [-0.15, -0.1) is 0 Å². The van der Waals surface area contributed by atoms with Crippen molar-refractivity contribution in [3.05, 3.63) is 0 Å². The molecule has 4 saturated carbocycles. The predicted octanol–water partition coefficient (Wildman–Crippen LogP) is 4.17. The summed E-state index contributed by atoms with van der Waals surface area (Å²) in [6, 6.07) is 0. The third-order valence-corrected chi connectivity index (χ3v) is 15.1. The highest BCUT2D eigenvalue weighted by Crippen LogP contribution is 2.68. The zero-order valence-electron chi connectivity index (χ0n) is 30.3. The van der Waals surface area contributed by atoms with E-state index in [9.17, 15) is 23.4 Å². The van der Waals surface area contributed by atoms with Crippen LogP contribution in [0.3, 0.4) is 0 Å². The first-order chi connectivity index (χ1) is 22.8. The second kappa shape index (κ2) is 12.3. The maximum atomic E-state index is 13.0. The number of rotatable bonds is 8. The minimum Gasteiger partial charge on any atom is -0.393 e. The lowest BCUT2D eigenvalue weighted by Gasteiger charge is -2.62. The van der Waals surface area contributed by atoms with Gasteiger partial charge in [-0.05, 0) is 132 Å². The van der Waals surface area contributed by atoms with Gasteiger partial charge in [0.05, 0.1) is 18.8 Å². The van der Waals surface area contributed by atoms with Gasteiger partial charge in [0, 0.05) is 6.42 Å². The number of carbonyl (C=O) groups is 1. The molecule has 3 heterocycles. The lowest BCUT2D eigenvalue weighted by Crippen LogP contribution is -2.60. The number of nitrogens with one attached hydrogen (secondary N) is 1. The SMILES string of the molecule is C[C@H](CCC(=O)NS(=O)(=O)OC[C@@]12OC[C@H]3OC(C)(C)O[C@H]3[C@@H]1OC(C)(C)O2)[C@H]1CCC2C3C(CC[C@@]21C)[C@@]1(C)CC[C@@H](O)CC1C[C@@H]3O. The standard InChI is InChI=1S/C36H59NO11S/c1-20(23-9-10-24-29-25(13-15-35(23,24)7)34(6)14-12-22(38)16-21(34)17-26(29)39)8-11-28(40)37-49(41,42)44-19-36-31(47-33(4,5)48-36)30-27(18-43-36)45-32(2,3)46-30/h20-27,29-31,38-39H,8-19H2,1-7H3,(H,37,40)/t20-,21?,22-,23-,24?,25?,26+,27-,29?,30-,31+,34+,35-,36+/m1/s1. The highest BCUT2D eigenvalue weighted by atomic mass is 32.2. The van der Waals surface area contributed by atoms with E-state index in [1.54, 1.807) is 27.7 Å². The van der Waals surface area contributed by atoms with E-state index in [-0.39, 0.29) is 47.9 Å². The van der Waals surface area contributed by atoms with Crippen LogP contribution >= 0.6 is 0 Å². The van der Waals surface area contributed by atoms with Gasteiger partial charge in [0.1, 0.15) is 24.9 Å². The molecule has 7 aliphatic rings. The van der Waals surface area contributed by atoms with Gasteiger partial charge in [-0.1, -0.05) is 20.8 Å². The van der Waals surface area contributed by atoms with Crippen LogP contribution in [0.25, 0.3) is 0 Å². The van der Waals surface area contributed by atoms with Gasteiger partial charge in [0.2, 0.25) is 11.7 Å². The Morgan fingerprint density at radius 3 is 2.39 bits per heavy atom. The highest BCUT2D eigenvalue weighted by Gasteiger charge is 2.66. The van der Waals surface area contributed by atoms with Crippen molar-refractivity contribution in [1.82, 2.24) is 4.72 Å². The Labute approximate surface area is 291 Å². The predicted molar refractivity (Wildman–Crippen MR) is 177 cm³/mol. The molecular weight excluding hydrogens is 654 g/mol. The topological polar surface area (TPSA) is 159 Å². The first-order valence-electron chi connectivity index (χ1n) is 18.7. The third-order valence-electron chi connectivity index (χ3n) is 14.2. The zero-order valence-corrected chi connectivity index (χ0v) is 31.1. The third kappa shape index (κ3) is 6.43. The van der Waals surface area contributed by atoms with Crippen molar-refractivity contribution in [1.29, 1.82) is 0 Å². The summed E-state index contributed by atoms with van der Waals surface area (Å²) in [7, 11) is -4.47. The maximum absolute atomic E-state index is 13.0. The fraction of sp³-hybridized carbons (Fsp3) is 0.972. The molecule has 7 fully saturated rings. The number of hydrogen-bond acceptors (Lipinski definition) is 11. The number of carbonyl (C=O) groups excluding carboxylic acids is 1. The molecule has 12 nitrogen and oxygen atoms in total. The molecule has 0 radical (unpaired) electrons. The molecule has 49 heavy (non-hydrogen) atoms. The molecule has 3 N–H and O–H groups in total. The molecule has 280 valence electrons. The number of amides is 1. The Bertz CT molecular complexity index is 1390. The highest BCUT2D eigenvalue weighted by molar-refractivity contribution is 7.85. The minimum absolute atomic E-state index is 0.0543. The van der Waals surface area contributed by atoms with Gasteiger partial charge in [-0.25, -0.2) is 8.91 Å². The molecule has 1 amide bonds. The maximum Gasteiger partial charge on any atom is 0.362 e. The van der Waals surface area contributed by atoms with E-state index in [0.29, 0.717) is 30.1 Å². The van der Waals surface area contributed by atoms with E-state index in [2.05, 4.69) is 25.5 Å². The Morgan fingerprint density at radius 1 is 0.918 bits per heavy atom. The van der Waals surface area contributed by atoms with Crippen molar-refractivity contribution in [2.24, 2.45) is 46.3 Å². The largest absolute Gasteiger partial charge is 0.393 e. The van der Waals surface area contributed by atoms with Crippen molar-refractivity contribution in [3.63, 3.8) is 0 Å². The average molecular weight is 714 g/mol. The zero-order chi connectivity index (χ0) is 35.4. The van der Waals surface area contributed by atoms with Crippen molar-refractivity contribution in [3.8, 4) is 0 Å². The normalized spacial score (nSPS) is 48.8. The summed E-state index contributed by atoms with van der Waals surface area (Å²) < 4.78 is 63.6. The van der Waals surface area contributed by atoms with E-state index >= 15 is 0 Å². The van der Waals surface area contributed by atoms with Crippen molar-refractivity contribution >= 4 is 16.2 Å². The van der Waals surface area contributed by atoms with Crippen LogP contribution in [0, 0.1) is 46.3 Å². The number of fused-ring (bicyclic) bond motifs is 8. The quantitative estimate of drug-likeness (QED) is 0.332. The van der Waals surface area contributed by atoms with Crippen LogP contribution in [0.4, 0.5) is 0 Å². The Kier molecular flexibility index (Phi) is 9.17. The Hall–Kier alpha value is -0.900. The van der Waals surface area contributed by atoms with Crippen LogP contribution in [-0.2, 0) is 43.0 Å². The Balaban J connectivity index is 0.940. The summed E-state index contributed by atoms with van der Waals surface area (Å²) in [5, 5.41) is 21.9. The molecule has 7 rings (SSSR count). The van der Waals surface area contributed by atoms with Gasteiger partial charge in [0.15, 0.2) is 11.6 Å². The van der Waals surface area contributed by atoms with Crippen molar-refractivity contribution < 1.29 is 51.3 Å². The molecule has 0 aromatic carbocycles. The molecule has 4 aliphatic carbocycles. The molecule has 14 atom stereocenters. The summed E-state index contributed by atoms with van der Waals surface area (Å²) >= 11 is 0. The molecule has 0 spiro atoms. The molecule has 13 heteroatoms. The van der Waals surface area contributed by atoms with Crippen LogP contribution in [0.5, 0.6) is 0 Å². The first-order valence-corrected chi connectivity index (χ1v) is 20.1. The summed E-state index contributed by atoms with van der Waals surface area (Å²) in [6.07, 6.45) is 6.05. The second-order valence-electron chi connectivity index (χ2n) is 18.0. The van der Waals surface area contributed by atoms with Gasteiger partial charge in [0.25, 0.3) is 0 Å². The molecule has 0 aromatic rings. The van der Waals surface area contributed by atoms with Gasteiger partial charge in [-0.2, -0.15) is 8.42 Å². The molecule has 0 aromatic heterocycles. The van der Waals surface area contributed by atoms with E-state index < -0.39 is 58.5 Å². The monoisotopic (exact) mass is 713 g/mol. The minimum atomic E-state index is -4.47. The van der Waals surface area contributed by atoms with Crippen LogP contribution in [0.1, 0.15) is 113 Å². The van der Waals surface area contributed by atoms with Crippen LogP contribution in [0.2, 0.25) is 0 Å². The van der Waals surface area contributed by atoms with E-state index in [4.69, 9.17) is 27.9 Å². The van der Waals surface area contributed by atoms with E-state index in [1.807, 2.05) is 0 Å². The summed E-state index contributed by atoms with van der Waals surface area (Å²) in [5.74, 6) is -1.97. The van der Waals surface area contributed by atoms with E-state index in [1.165, 1.54) is 0 Å². The molecule has 3 saturated heterocycles. The van der Waals surface area contributed by atoms with Crippen LogP contribution in [-0.4, -0.2) is 85.6 Å². The Morgan fingerprint density at radius 2 is 1.63 bits per heavy atom. The molecule has 0 bridgehead atoms. The first kappa shape index (κ1) is 36.5. The van der Waals surface area contributed by atoms with Gasteiger partial charge < -0.3 is 33.9 Å². The lowest BCUT2D eigenvalue weighted by atomic mass is 9.43. The van der Waals surface area contributed by atoms with E-state index in [0.717, 1.165) is 51.4 Å². The number of aliphatic hydroxyl groups excluding tert-OH is 2. The number of hydrogen-bond donors (Lipinski definition) is 3. The lowest BCUT2D eigenvalue weighted by molar-refractivity contribution is -0.290. The second-order valence-corrected chi connectivity index (χ2v) is 19.4. The van der Waals surface area contributed by atoms with Crippen molar-refractivity contribution in [2.75, 3.05) is 13.2 Å². The fourth-order valence-corrected chi connectivity index (χ4v) is 12.8. The summed E-state index contributed by atoms with van der Waals surface area (Å²) in [6.45, 7) is 13.6. The fourth-order valence-electron chi connectivity index (χ4n) is 12.1. The molecule has 4 unspecified atom stereocenters. The molecule has 3 aliphatic heterocycles. The number of aliphatic hydroxyl groups is 2. The van der Waals surface area contributed by atoms with Gasteiger partial charge in [-0.3, -0.25) is 4.79 Å². The summed E-state index contributed by atoms with van der Waals surface area (Å²) in [5.41, 5.74) is 0.245. The molecular formula is C36H59NO11S.